The van der Waals surface area contributed by atoms with Gasteiger partial charge in [0.2, 0.25) is 11.8 Å². The number of aliphatic hydroxyl groups excluding tert-OH is 15. The van der Waals surface area contributed by atoms with Crippen LogP contribution in [-0.4, -0.2) is 275 Å². The zero-order valence-corrected chi connectivity index (χ0v) is 33.2. The van der Waals surface area contributed by atoms with Crippen molar-refractivity contribution >= 4 is 11.8 Å². The predicted molar refractivity (Wildman–Crippen MR) is 190 cm³/mol. The summed E-state index contributed by atoms with van der Waals surface area (Å²) in [6.45, 7) is -2.28. The van der Waals surface area contributed by atoms with Gasteiger partial charge in [-0.25, -0.2) is 0 Å². The maximum Gasteiger partial charge on any atom is 0.217 e. The third-order valence-electron chi connectivity index (χ3n) is 11.1. The molecular formula is C34H58N2O26. The summed E-state index contributed by atoms with van der Waals surface area (Å²) in [6, 6.07) is -3.18. The number of rotatable bonds is 15. The number of ether oxygens (including phenoxy) is 9. The number of amides is 2. The second-order valence-electron chi connectivity index (χ2n) is 15.5. The molecule has 5 heterocycles. The highest BCUT2D eigenvalue weighted by Crippen LogP contribution is 2.34. The van der Waals surface area contributed by atoms with Gasteiger partial charge in [-0.15, -0.1) is 0 Å². The second kappa shape index (κ2) is 22.0. The number of hydrogen-bond acceptors (Lipinski definition) is 26. The van der Waals surface area contributed by atoms with Gasteiger partial charge in [-0.3, -0.25) is 9.59 Å². The van der Waals surface area contributed by atoms with Gasteiger partial charge in [0.15, 0.2) is 31.5 Å². The van der Waals surface area contributed by atoms with Crippen molar-refractivity contribution in [2.75, 3.05) is 33.0 Å². The summed E-state index contributed by atoms with van der Waals surface area (Å²) in [6.07, 6.45) is -41.7. The molecule has 0 aliphatic carbocycles. The van der Waals surface area contributed by atoms with Crippen molar-refractivity contribution in [3.8, 4) is 0 Å². The van der Waals surface area contributed by atoms with E-state index in [-0.39, 0.29) is 0 Å². The number of aliphatic hydroxyl groups is 15. The third kappa shape index (κ3) is 11.0. The van der Waals surface area contributed by atoms with Crippen molar-refractivity contribution in [1.29, 1.82) is 0 Å². The van der Waals surface area contributed by atoms with E-state index in [0.717, 1.165) is 13.8 Å². The van der Waals surface area contributed by atoms with Crippen molar-refractivity contribution < 1.29 is 129 Å². The molecule has 0 spiro atoms. The summed E-state index contributed by atoms with van der Waals surface area (Å²) < 4.78 is 50.8. The Hall–Kier alpha value is -2.02. The maximum atomic E-state index is 12.4. The van der Waals surface area contributed by atoms with E-state index in [1.165, 1.54) is 0 Å². The standard InChI is InChI=1S/C34H58N2O26/c1-8(41)35-15-20(46)27(12(5-39)55-30(15)53)60-33-26(52)23(49)19(45)14(59-33)7-54-34-29(24(50)18(44)11(4-38)57-34)62-31-16(36-9(2)42)21(47)28(13(6-40)58-31)61-32-25(51)22(48)17(43)10(3-37)56-32/h10-34,37-40,43-53H,3-7H2,1-2H3,(H,35,41)(H,36,42)/t10-,11-,12-,13-,14-,15-,16-,17+,18-,19-,20-,21-,22+,23+,24+,25-,26+,27-,28-,29+,30?,31+,32+,33+,34+/m1/s1. The van der Waals surface area contributed by atoms with Crippen LogP contribution in [-0.2, 0) is 52.2 Å². The van der Waals surface area contributed by atoms with Crippen LogP contribution < -0.4 is 10.6 Å². The molecule has 0 saturated carbocycles. The molecule has 0 aromatic carbocycles. The molecule has 5 saturated heterocycles. The van der Waals surface area contributed by atoms with Gasteiger partial charge < -0.3 is 130 Å². The lowest BCUT2D eigenvalue weighted by Gasteiger charge is -2.49. The molecule has 5 fully saturated rings. The predicted octanol–water partition coefficient (Wildman–Crippen LogP) is -11.6. The number of carbonyl (C=O) groups is 2. The van der Waals surface area contributed by atoms with E-state index in [1.54, 1.807) is 0 Å². The molecule has 5 aliphatic rings. The molecule has 0 aromatic heterocycles. The Morgan fingerprint density at radius 2 is 0.806 bits per heavy atom. The zero-order chi connectivity index (χ0) is 45.9. The Labute approximate surface area is 351 Å². The van der Waals surface area contributed by atoms with Crippen molar-refractivity contribution in [1.82, 2.24) is 10.6 Å². The van der Waals surface area contributed by atoms with Crippen LogP contribution in [0.4, 0.5) is 0 Å². The van der Waals surface area contributed by atoms with Gasteiger partial charge in [0.25, 0.3) is 0 Å². The highest BCUT2D eigenvalue weighted by atomic mass is 16.8. The van der Waals surface area contributed by atoms with Crippen molar-refractivity contribution in [3.63, 3.8) is 0 Å². The van der Waals surface area contributed by atoms with Gasteiger partial charge in [-0.1, -0.05) is 0 Å². The van der Waals surface area contributed by atoms with E-state index in [9.17, 15) is 86.2 Å². The maximum absolute atomic E-state index is 12.4. The molecule has 17 N–H and O–H groups in total. The summed E-state index contributed by atoms with van der Waals surface area (Å²) in [5.74, 6) is -1.49. The molecule has 5 rings (SSSR count). The van der Waals surface area contributed by atoms with Crippen LogP contribution in [0, 0.1) is 0 Å². The molecule has 2 amide bonds. The Balaban J connectivity index is 1.34. The highest BCUT2D eigenvalue weighted by Gasteiger charge is 2.56. The van der Waals surface area contributed by atoms with E-state index in [0.29, 0.717) is 0 Å². The summed E-state index contributed by atoms with van der Waals surface area (Å²) in [5.41, 5.74) is 0. The summed E-state index contributed by atoms with van der Waals surface area (Å²) in [4.78, 5) is 24.1. The van der Waals surface area contributed by atoms with Gasteiger partial charge in [-0.05, 0) is 0 Å². The highest BCUT2D eigenvalue weighted by molar-refractivity contribution is 5.73. The SMILES string of the molecule is CC(=O)N[C@H]1[C@H](O[C@@H]2[C@@H](OC[C@H]3O[C@@H](O[C@H]4[C@H](O)[C@@H](NC(C)=O)C(O)O[C@@H]4CO)[C@@H](O)[C@@H](O)[C@@H]3O)O[C@H](CO)[C@@H](O)[C@@H]2O)O[C@H](CO)[C@@H](O[C@@H]2O[C@H](CO)[C@H](O)[C@H](O)[C@H]2O)[C@@H]1O. The van der Waals surface area contributed by atoms with Gasteiger partial charge >= 0.3 is 0 Å². The van der Waals surface area contributed by atoms with E-state index in [2.05, 4.69) is 10.6 Å². The van der Waals surface area contributed by atoms with Crippen molar-refractivity contribution in [3.05, 3.63) is 0 Å². The molecule has 0 bridgehead atoms. The normalized spacial score (nSPS) is 49.0. The Morgan fingerprint density at radius 3 is 1.31 bits per heavy atom. The van der Waals surface area contributed by atoms with E-state index in [1.807, 2.05) is 0 Å². The van der Waals surface area contributed by atoms with Gasteiger partial charge in [0.05, 0.1) is 33.0 Å². The summed E-state index contributed by atoms with van der Waals surface area (Å²) in [7, 11) is 0. The first-order valence-electron chi connectivity index (χ1n) is 19.6. The van der Waals surface area contributed by atoms with Crippen molar-refractivity contribution in [2.45, 2.75) is 167 Å². The first-order chi connectivity index (χ1) is 29.3. The zero-order valence-electron chi connectivity index (χ0n) is 33.2. The van der Waals surface area contributed by atoms with E-state index >= 15 is 0 Å². The fraction of sp³-hybridized carbons (Fsp3) is 0.941. The molecule has 0 aromatic rings. The Kier molecular flexibility index (Phi) is 18.1. The minimum absolute atomic E-state index is 0.689. The first-order valence-corrected chi connectivity index (χ1v) is 19.6. The van der Waals surface area contributed by atoms with E-state index < -0.39 is 198 Å². The molecule has 62 heavy (non-hydrogen) atoms. The largest absolute Gasteiger partial charge is 0.394 e. The van der Waals surface area contributed by atoms with Crippen LogP contribution in [0.15, 0.2) is 0 Å². The third-order valence-corrected chi connectivity index (χ3v) is 11.1. The molecule has 0 radical (unpaired) electrons. The van der Waals surface area contributed by atoms with Crippen LogP contribution in [0.1, 0.15) is 13.8 Å². The topological polar surface area (TPSA) is 445 Å². The van der Waals surface area contributed by atoms with Gasteiger partial charge in [0, 0.05) is 13.8 Å². The quantitative estimate of drug-likeness (QED) is 0.0725. The fourth-order valence-corrected chi connectivity index (χ4v) is 7.72. The van der Waals surface area contributed by atoms with Crippen LogP contribution >= 0.6 is 0 Å². The van der Waals surface area contributed by atoms with Crippen molar-refractivity contribution in [2.24, 2.45) is 0 Å². The lowest BCUT2D eigenvalue weighted by atomic mass is 9.94. The molecule has 360 valence electrons. The van der Waals surface area contributed by atoms with Crippen LogP contribution in [0.3, 0.4) is 0 Å². The lowest BCUT2D eigenvalue weighted by Crippen LogP contribution is -2.69. The fourth-order valence-electron chi connectivity index (χ4n) is 7.72. The monoisotopic (exact) mass is 910 g/mol. The molecule has 28 nitrogen and oxygen atoms in total. The van der Waals surface area contributed by atoms with Crippen LogP contribution in [0.5, 0.6) is 0 Å². The Bertz CT molecular complexity index is 1440. The minimum Gasteiger partial charge on any atom is -0.394 e. The number of carbonyl (C=O) groups excluding carboxylic acids is 2. The molecule has 28 heteroatoms. The summed E-state index contributed by atoms with van der Waals surface area (Å²) >= 11 is 0. The first kappa shape index (κ1) is 51.0. The smallest absolute Gasteiger partial charge is 0.217 e. The minimum atomic E-state index is -2.05. The number of nitrogens with one attached hydrogen (secondary N) is 2. The Morgan fingerprint density at radius 1 is 0.419 bits per heavy atom. The average molecular weight is 911 g/mol. The second-order valence-corrected chi connectivity index (χ2v) is 15.5. The molecule has 25 atom stereocenters. The van der Waals surface area contributed by atoms with Gasteiger partial charge in [0.1, 0.15) is 122 Å². The van der Waals surface area contributed by atoms with E-state index in [4.69, 9.17) is 42.6 Å². The summed E-state index contributed by atoms with van der Waals surface area (Å²) in [5, 5.41) is 162. The average Bonchev–Trinajstić information content (AvgIpc) is 3.23. The van der Waals surface area contributed by atoms with Crippen LogP contribution in [0.2, 0.25) is 0 Å². The number of hydrogen-bond donors (Lipinski definition) is 17. The molecule has 1 unspecified atom stereocenters. The lowest BCUT2D eigenvalue weighted by molar-refractivity contribution is -0.378. The van der Waals surface area contributed by atoms with Gasteiger partial charge in [-0.2, -0.15) is 0 Å². The van der Waals surface area contributed by atoms with Crippen LogP contribution in [0.25, 0.3) is 0 Å². The molecule has 5 aliphatic heterocycles. The molecular weight excluding hydrogens is 852 g/mol.